The standard InChI is InChI=1S/C15H16N2O3/c1-17(7-6-14(18)19)15(20)12-8-10-4-2-3-5-11(10)9-13(12)16/h2-5,8-9H,6-7,16H2,1H3,(H,18,19). The fourth-order valence-electron chi connectivity index (χ4n) is 2.01. The Kier molecular flexibility index (Phi) is 3.89. The molecule has 3 N–H and O–H groups in total. The maximum absolute atomic E-state index is 12.3. The molecule has 0 unspecified atom stereocenters. The zero-order valence-electron chi connectivity index (χ0n) is 11.2. The first kappa shape index (κ1) is 13.9. The number of benzene rings is 2. The molecule has 0 spiro atoms. The number of carbonyl (C=O) groups excluding carboxylic acids is 1. The average molecular weight is 272 g/mol. The third-order valence-corrected chi connectivity index (χ3v) is 3.16. The van der Waals surface area contributed by atoms with Gasteiger partial charge in [-0.1, -0.05) is 24.3 Å². The van der Waals surface area contributed by atoms with Crippen molar-refractivity contribution >= 4 is 28.3 Å². The Bertz CT molecular complexity index is 667. The summed E-state index contributed by atoms with van der Waals surface area (Å²) in [6.45, 7) is 0.153. The van der Waals surface area contributed by atoms with Crippen LogP contribution in [0.3, 0.4) is 0 Å². The summed E-state index contributed by atoms with van der Waals surface area (Å²) in [4.78, 5) is 24.2. The Hall–Kier alpha value is -2.56. The summed E-state index contributed by atoms with van der Waals surface area (Å²) in [5.41, 5.74) is 6.72. The lowest BCUT2D eigenvalue weighted by molar-refractivity contribution is -0.137. The molecule has 1 amide bonds. The quantitative estimate of drug-likeness (QED) is 0.833. The number of aliphatic carboxylic acids is 1. The second kappa shape index (κ2) is 5.61. The minimum Gasteiger partial charge on any atom is -0.481 e. The van der Waals surface area contributed by atoms with Gasteiger partial charge in [-0.15, -0.1) is 0 Å². The number of nitrogens with zero attached hydrogens (tertiary/aromatic N) is 1. The van der Waals surface area contributed by atoms with E-state index in [1.165, 1.54) is 4.90 Å². The van der Waals surface area contributed by atoms with Crippen LogP contribution in [0.15, 0.2) is 36.4 Å². The Morgan fingerprint density at radius 3 is 2.40 bits per heavy atom. The third-order valence-electron chi connectivity index (χ3n) is 3.16. The molecule has 104 valence electrons. The average Bonchev–Trinajstić information content (AvgIpc) is 2.43. The van der Waals surface area contributed by atoms with E-state index in [-0.39, 0.29) is 18.9 Å². The molecule has 0 saturated heterocycles. The van der Waals surface area contributed by atoms with E-state index in [4.69, 9.17) is 10.8 Å². The molecule has 0 bridgehead atoms. The van der Waals surface area contributed by atoms with Crippen LogP contribution in [0.1, 0.15) is 16.8 Å². The third kappa shape index (κ3) is 2.88. The summed E-state index contributed by atoms with van der Waals surface area (Å²) < 4.78 is 0. The minimum absolute atomic E-state index is 0.0876. The summed E-state index contributed by atoms with van der Waals surface area (Å²) in [6, 6.07) is 11.1. The highest BCUT2D eigenvalue weighted by Gasteiger charge is 2.16. The first-order valence-electron chi connectivity index (χ1n) is 6.24. The van der Waals surface area contributed by atoms with Gasteiger partial charge in [0.15, 0.2) is 0 Å². The van der Waals surface area contributed by atoms with Crippen LogP contribution < -0.4 is 5.73 Å². The molecule has 0 fully saturated rings. The van der Waals surface area contributed by atoms with E-state index in [2.05, 4.69) is 0 Å². The van der Waals surface area contributed by atoms with Crippen LogP contribution in [0, 0.1) is 0 Å². The summed E-state index contributed by atoms with van der Waals surface area (Å²) in [7, 11) is 1.57. The van der Waals surface area contributed by atoms with Gasteiger partial charge in [0.2, 0.25) is 0 Å². The molecule has 2 aromatic carbocycles. The summed E-state index contributed by atoms with van der Waals surface area (Å²) in [6.07, 6.45) is -0.0876. The van der Waals surface area contributed by atoms with Crippen molar-refractivity contribution in [1.82, 2.24) is 4.90 Å². The van der Waals surface area contributed by atoms with E-state index in [9.17, 15) is 9.59 Å². The van der Waals surface area contributed by atoms with Crippen molar-refractivity contribution in [3.8, 4) is 0 Å². The molecule has 2 rings (SSSR count). The first-order valence-corrected chi connectivity index (χ1v) is 6.24. The van der Waals surface area contributed by atoms with Gasteiger partial charge >= 0.3 is 5.97 Å². The molecule has 0 atom stereocenters. The number of anilines is 1. The van der Waals surface area contributed by atoms with E-state index in [0.717, 1.165) is 10.8 Å². The Morgan fingerprint density at radius 2 is 1.80 bits per heavy atom. The van der Waals surface area contributed by atoms with Gasteiger partial charge in [-0.25, -0.2) is 0 Å². The van der Waals surface area contributed by atoms with Gasteiger partial charge in [0.25, 0.3) is 5.91 Å². The van der Waals surface area contributed by atoms with Crippen LogP contribution in [-0.4, -0.2) is 35.5 Å². The van der Waals surface area contributed by atoms with Crippen molar-refractivity contribution in [1.29, 1.82) is 0 Å². The zero-order chi connectivity index (χ0) is 14.7. The number of hydrogen-bond acceptors (Lipinski definition) is 3. The molecule has 0 aliphatic carbocycles. The topological polar surface area (TPSA) is 83.6 Å². The number of fused-ring (bicyclic) bond motifs is 1. The van der Waals surface area contributed by atoms with Crippen molar-refractivity contribution in [2.75, 3.05) is 19.3 Å². The number of hydrogen-bond donors (Lipinski definition) is 2. The molecule has 2 aromatic rings. The lowest BCUT2D eigenvalue weighted by Crippen LogP contribution is -2.29. The van der Waals surface area contributed by atoms with Gasteiger partial charge in [-0.3, -0.25) is 9.59 Å². The lowest BCUT2D eigenvalue weighted by Gasteiger charge is -2.17. The number of nitrogen functional groups attached to an aromatic ring is 1. The SMILES string of the molecule is CN(CCC(=O)O)C(=O)c1cc2ccccc2cc1N. The Balaban J connectivity index is 2.29. The maximum atomic E-state index is 12.3. The normalized spacial score (nSPS) is 10.4. The molecule has 5 nitrogen and oxygen atoms in total. The fourth-order valence-corrected chi connectivity index (χ4v) is 2.01. The van der Waals surface area contributed by atoms with Gasteiger partial charge in [-0.05, 0) is 22.9 Å². The predicted octanol–water partition coefficient (Wildman–Crippen LogP) is 1.97. The second-order valence-electron chi connectivity index (χ2n) is 4.66. The summed E-state index contributed by atoms with van der Waals surface area (Å²) in [5.74, 6) is -1.20. The summed E-state index contributed by atoms with van der Waals surface area (Å²) >= 11 is 0. The van der Waals surface area contributed by atoms with Crippen LogP contribution in [0.4, 0.5) is 5.69 Å². The molecule has 0 aromatic heterocycles. The Labute approximate surface area is 116 Å². The first-order chi connectivity index (χ1) is 9.49. The van der Waals surface area contributed by atoms with Gasteiger partial charge < -0.3 is 15.7 Å². The smallest absolute Gasteiger partial charge is 0.305 e. The highest BCUT2D eigenvalue weighted by Crippen LogP contribution is 2.22. The van der Waals surface area contributed by atoms with Gasteiger partial charge in [0.05, 0.1) is 12.0 Å². The van der Waals surface area contributed by atoms with E-state index < -0.39 is 5.97 Å². The maximum Gasteiger partial charge on any atom is 0.305 e. The largest absolute Gasteiger partial charge is 0.481 e. The van der Waals surface area contributed by atoms with Crippen molar-refractivity contribution in [2.45, 2.75) is 6.42 Å². The highest BCUT2D eigenvalue weighted by atomic mass is 16.4. The van der Waals surface area contributed by atoms with E-state index in [1.54, 1.807) is 19.2 Å². The Morgan fingerprint density at radius 1 is 1.20 bits per heavy atom. The number of rotatable bonds is 4. The van der Waals surface area contributed by atoms with E-state index >= 15 is 0 Å². The van der Waals surface area contributed by atoms with Crippen molar-refractivity contribution in [2.24, 2.45) is 0 Å². The number of carboxylic acids is 1. The van der Waals surface area contributed by atoms with Crippen LogP contribution in [0.2, 0.25) is 0 Å². The van der Waals surface area contributed by atoms with Crippen LogP contribution in [0.25, 0.3) is 10.8 Å². The van der Waals surface area contributed by atoms with E-state index in [0.29, 0.717) is 11.3 Å². The molecular formula is C15H16N2O3. The molecule has 0 heterocycles. The molecule has 0 saturated carbocycles. The lowest BCUT2D eigenvalue weighted by atomic mass is 10.0. The number of carboxylic acid groups (broad SMARTS) is 1. The second-order valence-corrected chi connectivity index (χ2v) is 4.66. The van der Waals surface area contributed by atoms with Crippen molar-refractivity contribution in [3.05, 3.63) is 42.0 Å². The van der Waals surface area contributed by atoms with Crippen LogP contribution in [0.5, 0.6) is 0 Å². The fraction of sp³-hybridized carbons (Fsp3) is 0.200. The predicted molar refractivity (Wildman–Crippen MR) is 77.6 cm³/mol. The molecule has 0 aliphatic rings. The minimum atomic E-state index is -0.934. The van der Waals surface area contributed by atoms with Gasteiger partial charge in [0.1, 0.15) is 0 Å². The summed E-state index contributed by atoms with van der Waals surface area (Å²) in [5, 5.41) is 10.5. The number of amides is 1. The molecule has 0 radical (unpaired) electrons. The van der Waals surface area contributed by atoms with Crippen LogP contribution >= 0.6 is 0 Å². The van der Waals surface area contributed by atoms with Gasteiger partial charge in [0, 0.05) is 19.3 Å². The highest BCUT2D eigenvalue weighted by molar-refractivity contribution is 6.03. The van der Waals surface area contributed by atoms with Crippen molar-refractivity contribution in [3.63, 3.8) is 0 Å². The number of carbonyl (C=O) groups is 2. The molecule has 0 aliphatic heterocycles. The number of nitrogens with two attached hydrogens (primary N) is 1. The zero-order valence-corrected chi connectivity index (χ0v) is 11.2. The van der Waals surface area contributed by atoms with Gasteiger partial charge in [-0.2, -0.15) is 0 Å². The molecular weight excluding hydrogens is 256 g/mol. The monoisotopic (exact) mass is 272 g/mol. The molecule has 20 heavy (non-hydrogen) atoms. The molecule has 5 heteroatoms. The van der Waals surface area contributed by atoms with E-state index in [1.807, 2.05) is 24.3 Å². The van der Waals surface area contributed by atoms with Crippen molar-refractivity contribution < 1.29 is 14.7 Å². The van der Waals surface area contributed by atoms with Crippen LogP contribution in [-0.2, 0) is 4.79 Å².